The molecule has 0 radical (unpaired) electrons. The second-order valence-corrected chi connectivity index (χ2v) is 5.17. The Morgan fingerprint density at radius 3 is 2.35 bits per heavy atom. The van der Waals surface area contributed by atoms with Gasteiger partial charge in [0.25, 0.3) is 11.6 Å². The first-order valence-electron chi connectivity index (χ1n) is 7.48. The van der Waals surface area contributed by atoms with Crippen LogP contribution in [0, 0.1) is 15.9 Å². The summed E-state index contributed by atoms with van der Waals surface area (Å²) in [6.45, 7) is 0.911. The second-order valence-electron chi connectivity index (χ2n) is 5.17. The molecule has 0 unspecified atom stereocenters. The van der Waals surface area contributed by atoms with Gasteiger partial charge in [-0.05, 0) is 43.3 Å². The number of hydrogen-bond donors (Lipinski definition) is 1. The molecule has 0 aliphatic carbocycles. The van der Waals surface area contributed by atoms with Gasteiger partial charge in [0.15, 0.2) is 12.7 Å². The van der Waals surface area contributed by atoms with Crippen LogP contribution in [0.2, 0.25) is 0 Å². The number of esters is 1. The normalized spacial score (nSPS) is 11.3. The van der Waals surface area contributed by atoms with Crippen molar-refractivity contribution < 1.29 is 28.4 Å². The van der Waals surface area contributed by atoms with E-state index < -0.39 is 35.3 Å². The van der Waals surface area contributed by atoms with Gasteiger partial charge in [0.2, 0.25) is 0 Å². The number of nitro groups is 1. The first-order valence-corrected chi connectivity index (χ1v) is 7.48. The van der Waals surface area contributed by atoms with Crippen LogP contribution in [0.3, 0.4) is 0 Å². The zero-order chi connectivity index (χ0) is 19.1. The van der Waals surface area contributed by atoms with E-state index in [1.807, 2.05) is 0 Å². The van der Waals surface area contributed by atoms with Crippen LogP contribution in [0.15, 0.2) is 48.5 Å². The molecular formula is C17H15FN2O6. The van der Waals surface area contributed by atoms with Gasteiger partial charge in [-0.1, -0.05) is 0 Å². The summed E-state index contributed by atoms with van der Waals surface area (Å²) in [5, 5.41) is 13.0. The van der Waals surface area contributed by atoms with E-state index in [9.17, 15) is 24.1 Å². The predicted molar refractivity (Wildman–Crippen MR) is 89.2 cm³/mol. The van der Waals surface area contributed by atoms with Gasteiger partial charge < -0.3 is 14.8 Å². The van der Waals surface area contributed by atoms with Gasteiger partial charge in [0, 0.05) is 17.8 Å². The number of nitrogens with zero attached hydrogens (tertiary/aromatic N) is 1. The summed E-state index contributed by atoms with van der Waals surface area (Å²) in [7, 11) is 0. The van der Waals surface area contributed by atoms with Crippen molar-refractivity contribution in [2.75, 3.05) is 11.9 Å². The van der Waals surface area contributed by atoms with Crippen molar-refractivity contribution in [3.05, 3.63) is 64.5 Å². The molecule has 0 fully saturated rings. The molecule has 0 heterocycles. The Morgan fingerprint density at radius 1 is 1.15 bits per heavy atom. The smallest absolute Gasteiger partial charge is 0.344 e. The molecular weight excluding hydrogens is 347 g/mol. The monoisotopic (exact) mass is 362 g/mol. The van der Waals surface area contributed by atoms with Gasteiger partial charge >= 0.3 is 5.97 Å². The van der Waals surface area contributed by atoms with Gasteiger partial charge in [0.05, 0.1) is 4.92 Å². The molecule has 2 aromatic rings. The van der Waals surface area contributed by atoms with Crippen LogP contribution < -0.4 is 10.1 Å². The van der Waals surface area contributed by atoms with Gasteiger partial charge in [-0.25, -0.2) is 9.18 Å². The van der Waals surface area contributed by atoms with E-state index in [1.165, 1.54) is 55.5 Å². The zero-order valence-electron chi connectivity index (χ0n) is 13.7. The van der Waals surface area contributed by atoms with Gasteiger partial charge in [-0.2, -0.15) is 0 Å². The molecule has 0 aliphatic rings. The summed E-state index contributed by atoms with van der Waals surface area (Å²) in [6.07, 6.45) is -1.09. The number of amides is 1. The summed E-state index contributed by atoms with van der Waals surface area (Å²) in [5.74, 6) is -1.56. The molecule has 26 heavy (non-hydrogen) atoms. The van der Waals surface area contributed by atoms with Crippen LogP contribution in [-0.4, -0.2) is 29.5 Å². The van der Waals surface area contributed by atoms with Crippen LogP contribution in [0.4, 0.5) is 15.8 Å². The lowest BCUT2D eigenvalue weighted by Gasteiger charge is -2.14. The number of nitrogens with one attached hydrogen (secondary N) is 1. The number of non-ortho nitro benzene ring substituents is 1. The summed E-state index contributed by atoms with van der Waals surface area (Å²) in [4.78, 5) is 33.6. The minimum absolute atomic E-state index is 0.106. The fourth-order valence-electron chi connectivity index (χ4n) is 1.87. The maximum Gasteiger partial charge on any atom is 0.344 e. The van der Waals surface area contributed by atoms with E-state index in [0.29, 0.717) is 5.69 Å². The van der Waals surface area contributed by atoms with Crippen molar-refractivity contribution in [1.82, 2.24) is 0 Å². The van der Waals surface area contributed by atoms with Crippen LogP contribution in [0.1, 0.15) is 6.92 Å². The third-order valence-corrected chi connectivity index (χ3v) is 3.19. The standard InChI is InChI=1S/C17H15FN2O6/c1-11(17(22)19-13-4-2-12(18)3-5-13)26-16(21)10-25-15-8-6-14(7-9-15)20(23)24/h2-9,11H,10H2,1H3,(H,19,22)/t11-/m0/s1. The number of benzene rings is 2. The van der Waals surface area contributed by atoms with E-state index in [1.54, 1.807) is 0 Å². The second kappa shape index (κ2) is 8.56. The average Bonchev–Trinajstić information content (AvgIpc) is 2.62. The lowest BCUT2D eigenvalue weighted by molar-refractivity contribution is -0.384. The maximum atomic E-state index is 12.8. The molecule has 1 amide bonds. The highest BCUT2D eigenvalue weighted by atomic mass is 19.1. The molecule has 0 saturated heterocycles. The minimum atomic E-state index is -1.09. The van der Waals surface area contributed by atoms with E-state index >= 15 is 0 Å². The summed E-state index contributed by atoms with van der Waals surface area (Å²) in [6, 6.07) is 10.3. The summed E-state index contributed by atoms with van der Waals surface area (Å²) >= 11 is 0. The highest BCUT2D eigenvalue weighted by molar-refractivity contribution is 5.95. The van der Waals surface area contributed by atoms with Crippen molar-refractivity contribution in [3.63, 3.8) is 0 Å². The van der Waals surface area contributed by atoms with E-state index in [4.69, 9.17) is 9.47 Å². The van der Waals surface area contributed by atoms with Crippen molar-refractivity contribution in [3.8, 4) is 5.75 Å². The van der Waals surface area contributed by atoms with Gasteiger partial charge in [-0.15, -0.1) is 0 Å². The van der Waals surface area contributed by atoms with Crippen LogP contribution in [0.25, 0.3) is 0 Å². The van der Waals surface area contributed by atoms with Crippen LogP contribution in [-0.2, 0) is 14.3 Å². The van der Waals surface area contributed by atoms with E-state index in [0.717, 1.165) is 0 Å². The SMILES string of the molecule is C[C@H](OC(=O)COc1ccc([N+](=O)[O-])cc1)C(=O)Nc1ccc(F)cc1. The number of carbonyl (C=O) groups is 2. The first-order chi connectivity index (χ1) is 12.3. The molecule has 2 rings (SSSR count). The van der Waals surface area contributed by atoms with Crippen molar-refractivity contribution in [2.24, 2.45) is 0 Å². The molecule has 0 aliphatic heterocycles. The number of halogens is 1. The Hall–Kier alpha value is -3.49. The molecule has 2 aromatic carbocycles. The lowest BCUT2D eigenvalue weighted by Crippen LogP contribution is -2.31. The Labute approximate surface area is 147 Å². The molecule has 0 spiro atoms. The first kappa shape index (κ1) is 18.8. The Kier molecular flexibility index (Phi) is 6.20. The highest BCUT2D eigenvalue weighted by Gasteiger charge is 2.18. The van der Waals surface area contributed by atoms with Crippen molar-refractivity contribution >= 4 is 23.3 Å². The van der Waals surface area contributed by atoms with E-state index in [-0.39, 0.29) is 11.4 Å². The van der Waals surface area contributed by atoms with Crippen LogP contribution in [0.5, 0.6) is 5.75 Å². The summed E-state index contributed by atoms with van der Waals surface area (Å²) in [5.41, 5.74) is 0.257. The number of hydrogen-bond acceptors (Lipinski definition) is 6. The Morgan fingerprint density at radius 2 is 1.77 bits per heavy atom. The molecule has 1 atom stereocenters. The molecule has 0 bridgehead atoms. The Balaban J connectivity index is 1.79. The number of nitro benzene ring substituents is 1. The maximum absolute atomic E-state index is 12.8. The number of rotatable bonds is 7. The molecule has 1 N–H and O–H groups in total. The molecule has 9 heteroatoms. The van der Waals surface area contributed by atoms with Crippen molar-refractivity contribution in [2.45, 2.75) is 13.0 Å². The van der Waals surface area contributed by atoms with Crippen LogP contribution >= 0.6 is 0 Å². The minimum Gasteiger partial charge on any atom is -0.482 e. The third kappa shape index (κ3) is 5.55. The fraction of sp³-hybridized carbons (Fsp3) is 0.176. The number of ether oxygens (including phenoxy) is 2. The average molecular weight is 362 g/mol. The van der Waals surface area contributed by atoms with E-state index in [2.05, 4.69) is 5.32 Å². The predicted octanol–water partition coefficient (Wildman–Crippen LogP) is 2.68. The third-order valence-electron chi connectivity index (χ3n) is 3.19. The molecule has 8 nitrogen and oxygen atoms in total. The van der Waals surface area contributed by atoms with Gasteiger partial charge in [-0.3, -0.25) is 14.9 Å². The highest BCUT2D eigenvalue weighted by Crippen LogP contribution is 2.17. The molecule has 0 aromatic heterocycles. The number of anilines is 1. The summed E-state index contributed by atoms with van der Waals surface area (Å²) < 4.78 is 22.9. The van der Waals surface area contributed by atoms with Crippen molar-refractivity contribution in [1.29, 1.82) is 0 Å². The fourth-order valence-corrected chi connectivity index (χ4v) is 1.87. The molecule has 0 saturated carbocycles. The zero-order valence-corrected chi connectivity index (χ0v) is 13.7. The quantitative estimate of drug-likeness (QED) is 0.461. The Bertz CT molecular complexity index is 792. The van der Waals surface area contributed by atoms with Gasteiger partial charge in [0.1, 0.15) is 11.6 Å². The largest absolute Gasteiger partial charge is 0.482 e. The lowest BCUT2D eigenvalue weighted by atomic mass is 10.3. The topological polar surface area (TPSA) is 108 Å². The molecule has 136 valence electrons. The number of carbonyl (C=O) groups excluding carboxylic acids is 2.